The average Bonchev–Trinajstić information content (AvgIpc) is 3.26. The van der Waals surface area contributed by atoms with Gasteiger partial charge in [-0.25, -0.2) is 0 Å². The van der Waals surface area contributed by atoms with Crippen LogP contribution in [-0.2, 0) is 0 Å². The summed E-state index contributed by atoms with van der Waals surface area (Å²) in [5.41, 5.74) is 11.6. The average molecular weight is 719 g/mol. The summed E-state index contributed by atoms with van der Waals surface area (Å²) in [6.07, 6.45) is 8.05. The number of rotatable bonds is 9. The fourth-order valence-corrected chi connectivity index (χ4v) is 8.80. The monoisotopic (exact) mass is 718 g/mol. The van der Waals surface area contributed by atoms with Crippen LogP contribution in [0.1, 0.15) is 44.2 Å². The van der Waals surface area contributed by atoms with Gasteiger partial charge in [-0.3, -0.25) is 0 Å². The molecule has 0 aliphatic carbocycles. The quantitative estimate of drug-likeness (QED) is 0.103. The molecule has 0 heterocycles. The van der Waals surface area contributed by atoms with Crippen molar-refractivity contribution in [2.24, 2.45) is 5.92 Å². The summed E-state index contributed by atoms with van der Waals surface area (Å²) in [6, 6.07) is 66.9. The van der Waals surface area contributed by atoms with E-state index in [1.807, 2.05) is 0 Å². The minimum absolute atomic E-state index is 0.308. The minimum Gasteiger partial charge on any atom is -0.0773 e. The molecule has 0 bridgehead atoms. The van der Waals surface area contributed by atoms with Crippen LogP contribution in [0.4, 0.5) is 0 Å². The molecular weight excluding hydrogens is 673 g/mol. The van der Waals surface area contributed by atoms with Crippen molar-refractivity contribution in [3.63, 3.8) is 0 Å². The Kier molecular flexibility index (Phi) is 9.64. The largest absolute Gasteiger partial charge is 0.0773 e. The van der Waals surface area contributed by atoms with Crippen molar-refractivity contribution in [2.75, 3.05) is 0 Å². The number of hydrogen-bond acceptors (Lipinski definition) is 0. The van der Waals surface area contributed by atoms with Crippen molar-refractivity contribution in [2.45, 2.75) is 33.1 Å². The highest BCUT2D eigenvalue weighted by Gasteiger charge is 2.19. The maximum absolute atomic E-state index is 2.35. The summed E-state index contributed by atoms with van der Waals surface area (Å²) >= 11 is 0. The Morgan fingerprint density at radius 2 is 0.964 bits per heavy atom. The van der Waals surface area contributed by atoms with Crippen molar-refractivity contribution in [1.82, 2.24) is 0 Å². The van der Waals surface area contributed by atoms with E-state index in [2.05, 4.69) is 221 Å². The Morgan fingerprint density at radius 3 is 1.62 bits per heavy atom. The van der Waals surface area contributed by atoms with E-state index in [0.717, 1.165) is 6.42 Å². The predicted molar refractivity (Wildman–Crippen MR) is 244 cm³/mol. The van der Waals surface area contributed by atoms with Gasteiger partial charge < -0.3 is 0 Å². The first-order chi connectivity index (χ1) is 27.6. The molecule has 2 unspecified atom stereocenters. The molecule has 0 spiro atoms. The smallest absolute Gasteiger partial charge is 0.000117 e. The summed E-state index contributed by atoms with van der Waals surface area (Å²) < 4.78 is 0. The molecule has 0 nitrogen and oxygen atoms in total. The van der Waals surface area contributed by atoms with Crippen molar-refractivity contribution < 1.29 is 0 Å². The number of fused-ring (bicyclic) bond motifs is 4. The lowest BCUT2D eigenvalue weighted by molar-refractivity contribution is 0.717. The molecule has 270 valence electrons. The molecule has 0 aromatic heterocycles. The Labute approximate surface area is 331 Å². The van der Waals surface area contributed by atoms with Crippen LogP contribution in [0.3, 0.4) is 0 Å². The third kappa shape index (κ3) is 6.42. The van der Waals surface area contributed by atoms with Crippen LogP contribution in [0, 0.1) is 5.92 Å². The molecule has 9 rings (SSSR count). The second-order valence-electron chi connectivity index (χ2n) is 15.2. The summed E-state index contributed by atoms with van der Waals surface area (Å²) in [4.78, 5) is 0. The van der Waals surface area contributed by atoms with E-state index in [-0.39, 0.29) is 0 Å². The molecule has 9 aromatic rings. The van der Waals surface area contributed by atoms with Gasteiger partial charge in [0.15, 0.2) is 0 Å². The van der Waals surface area contributed by atoms with Gasteiger partial charge in [0.25, 0.3) is 0 Å². The SMILES string of the molecule is CCC(C)/C(=C\C=C/C(C)c1cccc2ccccc12)c1ccc(-c2c3ccccc3c(-c3cccc4c(-c5ccccc5)cccc34)c3ccccc23)cc1. The molecule has 0 aliphatic heterocycles. The molecule has 2 atom stereocenters. The van der Waals surface area contributed by atoms with E-state index in [1.54, 1.807) is 0 Å². The fourth-order valence-electron chi connectivity index (χ4n) is 8.80. The van der Waals surface area contributed by atoms with Crippen molar-refractivity contribution >= 4 is 48.7 Å². The van der Waals surface area contributed by atoms with Crippen molar-refractivity contribution in [3.8, 4) is 33.4 Å². The maximum Gasteiger partial charge on any atom is -0.000117 e. The van der Waals surface area contributed by atoms with Gasteiger partial charge in [-0.05, 0) is 111 Å². The zero-order valence-corrected chi connectivity index (χ0v) is 32.4. The van der Waals surface area contributed by atoms with Gasteiger partial charge in [0.2, 0.25) is 0 Å². The summed E-state index contributed by atoms with van der Waals surface area (Å²) in [7, 11) is 0. The van der Waals surface area contributed by atoms with Crippen LogP contribution in [0.5, 0.6) is 0 Å². The third-order valence-electron chi connectivity index (χ3n) is 11.8. The van der Waals surface area contributed by atoms with Crippen molar-refractivity contribution in [3.05, 3.63) is 211 Å². The first-order valence-corrected chi connectivity index (χ1v) is 20.1. The van der Waals surface area contributed by atoms with E-state index < -0.39 is 0 Å². The van der Waals surface area contributed by atoms with E-state index in [1.165, 1.54) is 93.2 Å². The first-order valence-electron chi connectivity index (χ1n) is 20.1. The highest BCUT2D eigenvalue weighted by Crippen LogP contribution is 2.46. The number of benzene rings is 9. The standard InChI is InChI=1S/C56H46/c1-4-38(2)44(28-14-18-39(3)45-29-15-22-41-21-8-9-23-46(41)45)42-34-36-43(37-35-42)55-51-24-10-12-26-53(51)56(54-27-13-11-25-52(54)55)50-33-17-31-48-47(30-16-32-49(48)50)40-19-6-5-7-20-40/h5-39H,4H2,1-3H3/b18-14-,44-28+. The van der Waals surface area contributed by atoms with Gasteiger partial charge in [0.1, 0.15) is 0 Å². The van der Waals surface area contributed by atoms with Gasteiger partial charge in [-0.2, -0.15) is 0 Å². The molecular formula is C56H46. The molecule has 9 aromatic carbocycles. The van der Waals surface area contributed by atoms with E-state index in [4.69, 9.17) is 0 Å². The zero-order valence-electron chi connectivity index (χ0n) is 32.4. The lowest BCUT2D eigenvalue weighted by atomic mass is 9.83. The van der Waals surface area contributed by atoms with Crippen molar-refractivity contribution in [1.29, 1.82) is 0 Å². The van der Waals surface area contributed by atoms with E-state index >= 15 is 0 Å². The highest BCUT2D eigenvalue weighted by atomic mass is 14.2. The van der Waals surface area contributed by atoms with Crippen LogP contribution in [0.25, 0.3) is 82.0 Å². The maximum atomic E-state index is 2.35. The Balaban J connectivity index is 1.13. The summed E-state index contributed by atoms with van der Waals surface area (Å²) in [6.45, 7) is 6.93. The predicted octanol–water partition coefficient (Wildman–Crippen LogP) is 16.1. The molecule has 0 N–H and O–H groups in total. The molecule has 0 heteroatoms. The van der Waals surface area contributed by atoms with E-state index in [9.17, 15) is 0 Å². The fraction of sp³-hybridized carbons (Fsp3) is 0.107. The van der Waals surface area contributed by atoms with Gasteiger partial charge in [0.05, 0.1) is 0 Å². The van der Waals surface area contributed by atoms with Gasteiger partial charge in [0, 0.05) is 0 Å². The normalized spacial score (nSPS) is 13.2. The van der Waals surface area contributed by atoms with Crippen LogP contribution >= 0.6 is 0 Å². The molecule has 0 saturated heterocycles. The molecule has 0 saturated carbocycles. The minimum atomic E-state index is 0.308. The first kappa shape index (κ1) is 35.2. The molecule has 0 fully saturated rings. The van der Waals surface area contributed by atoms with E-state index in [0.29, 0.717) is 11.8 Å². The summed E-state index contributed by atoms with van der Waals surface area (Å²) in [5.74, 6) is 0.740. The van der Waals surface area contributed by atoms with Crippen LogP contribution in [-0.4, -0.2) is 0 Å². The Hall–Kier alpha value is -6.50. The molecule has 0 radical (unpaired) electrons. The third-order valence-corrected chi connectivity index (χ3v) is 11.8. The van der Waals surface area contributed by atoms with Gasteiger partial charge >= 0.3 is 0 Å². The molecule has 56 heavy (non-hydrogen) atoms. The lowest BCUT2D eigenvalue weighted by Gasteiger charge is -2.20. The summed E-state index contributed by atoms with van der Waals surface area (Å²) in [5, 5.41) is 10.3. The molecule has 0 aliphatic rings. The molecule has 0 amide bonds. The highest BCUT2D eigenvalue weighted by molar-refractivity contribution is 6.24. The van der Waals surface area contributed by atoms with Crippen LogP contribution < -0.4 is 0 Å². The number of hydrogen-bond donors (Lipinski definition) is 0. The van der Waals surface area contributed by atoms with Crippen LogP contribution in [0.15, 0.2) is 200 Å². The van der Waals surface area contributed by atoms with Crippen LogP contribution in [0.2, 0.25) is 0 Å². The second kappa shape index (κ2) is 15.3. The lowest BCUT2D eigenvalue weighted by Crippen LogP contribution is -1.98. The Morgan fingerprint density at radius 1 is 0.446 bits per heavy atom. The topological polar surface area (TPSA) is 0 Å². The Bertz CT molecular complexity index is 2840. The van der Waals surface area contributed by atoms with Gasteiger partial charge in [-0.1, -0.05) is 221 Å². The number of allylic oxidation sites excluding steroid dienone is 4. The second-order valence-corrected chi connectivity index (χ2v) is 15.2. The zero-order chi connectivity index (χ0) is 38.0. The van der Waals surface area contributed by atoms with Gasteiger partial charge in [-0.15, -0.1) is 0 Å².